The number of hydrogen-bond donors (Lipinski definition) is 6. The third-order valence-corrected chi connectivity index (χ3v) is 15.6. The maximum Gasteiger partial charge on any atom is 0.196 e. The van der Waals surface area contributed by atoms with Crippen molar-refractivity contribution in [3.05, 3.63) is 243 Å². The number of rotatable bonds is 6. The van der Waals surface area contributed by atoms with Gasteiger partial charge in [-0.1, -0.05) is 42.5 Å². The smallest absolute Gasteiger partial charge is 0.196 e. The van der Waals surface area contributed by atoms with Gasteiger partial charge in [-0.3, -0.25) is 43.2 Å². The van der Waals surface area contributed by atoms with Gasteiger partial charge in [-0.05, 0) is 232 Å². The summed E-state index contributed by atoms with van der Waals surface area (Å²) in [4.78, 5) is 103. The van der Waals surface area contributed by atoms with Crippen LogP contribution in [-0.4, -0.2) is 79.1 Å². The van der Waals surface area contributed by atoms with Crippen molar-refractivity contribution in [2.24, 2.45) is 0 Å². The molecule has 0 aliphatic heterocycles. The maximum absolute atomic E-state index is 12.1. The molecular formula is C72H60O14S. The van der Waals surface area contributed by atoms with E-state index in [9.17, 15) is 63.6 Å². The molecule has 0 saturated heterocycles. The normalized spacial score (nSPS) is 14.0. The minimum atomic E-state index is -0.266. The molecule has 0 atom stereocenters. The lowest BCUT2D eigenvalue weighted by Gasteiger charge is -2.07. The molecule has 6 aromatic carbocycles. The van der Waals surface area contributed by atoms with E-state index in [0.29, 0.717) is 89.8 Å². The van der Waals surface area contributed by atoms with Gasteiger partial charge in [-0.25, -0.2) is 0 Å². The van der Waals surface area contributed by atoms with Crippen LogP contribution in [0.5, 0.6) is 28.7 Å². The predicted molar refractivity (Wildman–Crippen MR) is 340 cm³/mol. The van der Waals surface area contributed by atoms with Gasteiger partial charge in [0.25, 0.3) is 0 Å². The highest BCUT2D eigenvalue weighted by atomic mass is 32.1. The van der Waals surface area contributed by atoms with E-state index in [-0.39, 0.29) is 74.6 Å². The van der Waals surface area contributed by atoms with Crippen molar-refractivity contribution in [2.75, 3.05) is 0 Å². The molecule has 0 heterocycles. The summed E-state index contributed by atoms with van der Waals surface area (Å²) in [6, 6.07) is 15.7. The second kappa shape index (κ2) is 26.9. The van der Waals surface area contributed by atoms with Crippen LogP contribution >= 0.6 is 12.6 Å². The first-order valence-electron chi connectivity index (χ1n) is 27.2. The van der Waals surface area contributed by atoms with E-state index in [0.717, 1.165) is 56.4 Å². The van der Waals surface area contributed by atoms with Crippen LogP contribution in [0.15, 0.2) is 136 Å². The summed E-state index contributed by atoms with van der Waals surface area (Å²) < 4.78 is 0. The SMILES string of the molecule is C/C=C/C1=Cc2c(cc(C=O)c(O)c2C)C1=O.C/C=C/C1=Cc2c(cc(C=O)c(S)c2C)C1=O.C/C=C/C1=Cc2c(ccc(O)c2C)C1=O.Cc1c(O)ccc2c1C=C(C=O)C2=O.Cc1cc(O)c(C)c2c1C(=O)C=C2.O=C1C=Cc2cc(O)ccc21. The van der Waals surface area contributed by atoms with Crippen molar-refractivity contribution in [1.29, 1.82) is 0 Å². The summed E-state index contributed by atoms with van der Waals surface area (Å²) in [6.45, 7) is 16.3. The Bertz CT molecular complexity index is 4210. The molecule has 0 fully saturated rings. The molecule has 0 unspecified atom stereocenters. The highest BCUT2D eigenvalue weighted by molar-refractivity contribution is 7.80. The first kappa shape index (κ1) is 63.9. The molecule has 0 spiro atoms. The van der Waals surface area contributed by atoms with E-state index in [1.165, 1.54) is 36.4 Å². The van der Waals surface area contributed by atoms with Gasteiger partial charge in [0, 0.05) is 60.6 Å². The molecule has 0 saturated carbocycles. The van der Waals surface area contributed by atoms with Gasteiger partial charge in [0.2, 0.25) is 0 Å². The molecule has 14 nitrogen and oxygen atoms in total. The summed E-state index contributed by atoms with van der Waals surface area (Å²) in [6.07, 6.45) is 26.0. The number of allylic oxidation sites excluding steroid dienone is 12. The quantitative estimate of drug-likeness (QED) is 0.0515. The number of ketones is 6. The number of aromatic hydroxyl groups is 5. The Balaban J connectivity index is 0.000000150. The zero-order valence-corrected chi connectivity index (χ0v) is 49.8. The average Bonchev–Trinajstić information content (AvgIpc) is 2.29. The molecule has 15 heteroatoms. The Labute approximate surface area is 507 Å². The lowest BCUT2D eigenvalue weighted by atomic mass is 9.98. The number of carbonyl (C=O) groups excluding carboxylic acids is 9. The molecule has 6 aliphatic rings. The fourth-order valence-electron chi connectivity index (χ4n) is 10.2. The number of aldehydes is 3. The van der Waals surface area contributed by atoms with Gasteiger partial charge in [0.15, 0.2) is 53.6 Å². The van der Waals surface area contributed by atoms with E-state index in [4.69, 9.17) is 5.11 Å². The number of phenolic OH excluding ortho intramolecular Hbond substituents is 5. The van der Waals surface area contributed by atoms with Gasteiger partial charge in [-0.15, -0.1) is 12.6 Å². The van der Waals surface area contributed by atoms with Crippen molar-refractivity contribution in [3.8, 4) is 28.7 Å². The molecular weight excluding hydrogens is 1120 g/mol. The van der Waals surface area contributed by atoms with Crippen molar-refractivity contribution in [2.45, 2.75) is 67.2 Å². The van der Waals surface area contributed by atoms with Crippen LogP contribution in [0.1, 0.15) is 170 Å². The van der Waals surface area contributed by atoms with Gasteiger partial charge in [0.05, 0.1) is 11.1 Å². The Hall–Kier alpha value is -10.6. The fraction of sp³-hybridized carbons (Fsp3) is 0.125. The average molecular weight is 1180 g/mol. The van der Waals surface area contributed by atoms with E-state index in [1.807, 2.05) is 72.8 Å². The molecule has 6 aromatic rings. The topological polar surface area (TPSA) is 255 Å². The first-order valence-corrected chi connectivity index (χ1v) is 27.6. The molecule has 0 amide bonds. The number of Topliss-reactive ketones (excluding diaryl/α,β-unsaturated/α-hetero) is 4. The van der Waals surface area contributed by atoms with Gasteiger partial charge in [0.1, 0.15) is 28.7 Å². The van der Waals surface area contributed by atoms with E-state index in [2.05, 4.69) is 12.6 Å². The van der Waals surface area contributed by atoms with E-state index < -0.39 is 0 Å². The maximum atomic E-state index is 12.1. The Kier molecular flexibility index (Phi) is 19.8. The van der Waals surface area contributed by atoms with Gasteiger partial charge in [-0.2, -0.15) is 0 Å². The summed E-state index contributed by atoms with van der Waals surface area (Å²) in [7, 11) is 0. The molecule has 0 radical (unpaired) electrons. The van der Waals surface area contributed by atoms with E-state index >= 15 is 0 Å². The summed E-state index contributed by atoms with van der Waals surface area (Å²) in [5.41, 5.74) is 15.5. The minimum absolute atomic E-state index is 0.0139. The Morgan fingerprint density at radius 2 is 0.816 bits per heavy atom. The molecule has 0 bridgehead atoms. The lowest BCUT2D eigenvalue weighted by Crippen LogP contribution is -2.00. The van der Waals surface area contributed by atoms with Crippen molar-refractivity contribution in [1.82, 2.24) is 0 Å². The van der Waals surface area contributed by atoms with Crippen LogP contribution < -0.4 is 0 Å². The minimum Gasteiger partial charge on any atom is -0.508 e. The number of benzene rings is 6. The molecule has 87 heavy (non-hydrogen) atoms. The summed E-state index contributed by atoms with van der Waals surface area (Å²) in [5.74, 6) is 0.463. The molecule has 438 valence electrons. The number of fused-ring (bicyclic) bond motifs is 6. The predicted octanol–water partition coefficient (Wildman–Crippen LogP) is 14.1. The zero-order chi connectivity index (χ0) is 63.9. The van der Waals surface area contributed by atoms with Crippen molar-refractivity contribution in [3.63, 3.8) is 0 Å². The standard InChI is InChI=1S/C14H12O3.C14H12O2S.C13H12O2.C11H8O3.C11H10O2.C9H6O2/c1-3-4-9-5-11-8(2)13(16)10(7-15)6-12(11)14(9)17;1-3-4-9-5-11-8(2)14(17)10(7-15)6-12(11)13(9)16;1-3-4-9-7-11-8(2)12(14)6-5-10(11)13(9)15;1-6-9-4-7(5-12)11(14)8(9)2-3-10(6)13;1-6-5-10(13)7(2)8-3-4-9(12)11(6)8;10-7-2-3-8-6(5-7)1-4-9(8)11/h3-7,16H,1-2H3;3-7,17H,1-2H3;3-7,14H,1-2H3;2-5,13H,1H3;3-5,13H,1-2H3;1-5,10H/b3*4-3+;;;. The third-order valence-electron chi connectivity index (χ3n) is 15.0. The second-order valence-electron chi connectivity index (χ2n) is 20.5. The largest absolute Gasteiger partial charge is 0.508 e. The van der Waals surface area contributed by atoms with Crippen LogP contribution in [0.25, 0.3) is 36.5 Å². The first-order chi connectivity index (χ1) is 41.4. The Morgan fingerprint density at radius 1 is 0.391 bits per heavy atom. The number of aryl methyl sites for hydroxylation is 1. The third kappa shape index (κ3) is 12.9. The number of hydrogen-bond acceptors (Lipinski definition) is 15. The molecule has 12 rings (SSSR count). The number of carbonyl (C=O) groups is 9. The number of phenols is 5. The van der Waals surface area contributed by atoms with Crippen LogP contribution in [0.3, 0.4) is 0 Å². The second-order valence-corrected chi connectivity index (χ2v) is 21.0. The molecule has 6 aliphatic carbocycles. The fourth-order valence-corrected chi connectivity index (χ4v) is 10.4. The summed E-state index contributed by atoms with van der Waals surface area (Å²) >= 11 is 4.31. The number of thiol groups is 1. The summed E-state index contributed by atoms with van der Waals surface area (Å²) in [5, 5.41) is 47.2. The van der Waals surface area contributed by atoms with Crippen LogP contribution in [0, 0.1) is 41.5 Å². The van der Waals surface area contributed by atoms with Crippen LogP contribution in [0.4, 0.5) is 0 Å². The van der Waals surface area contributed by atoms with E-state index in [1.54, 1.807) is 98.9 Å². The molecule has 5 N–H and O–H groups in total. The lowest BCUT2D eigenvalue weighted by molar-refractivity contribution is -0.104. The molecule has 0 aromatic heterocycles. The van der Waals surface area contributed by atoms with Crippen molar-refractivity contribution < 1.29 is 68.7 Å². The van der Waals surface area contributed by atoms with Crippen LogP contribution in [-0.2, 0) is 4.79 Å². The van der Waals surface area contributed by atoms with Crippen LogP contribution in [0.2, 0.25) is 0 Å². The van der Waals surface area contributed by atoms with Gasteiger partial charge >= 0.3 is 0 Å². The monoisotopic (exact) mass is 1180 g/mol. The Morgan fingerprint density at radius 3 is 1.31 bits per heavy atom. The zero-order valence-electron chi connectivity index (χ0n) is 48.9. The van der Waals surface area contributed by atoms with Crippen molar-refractivity contribution >= 4 is 103 Å². The van der Waals surface area contributed by atoms with Gasteiger partial charge < -0.3 is 25.5 Å². The highest BCUT2D eigenvalue weighted by Crippen LogP contribution is 2.38. The highest BCUT2D eigenvalue weighted by Gasteiger charge is 2.28.